The summed E-state index contributed by atoms with van der Waals surface area (Å²) in [4.78, 5) is 24.4. The maximum atomic E-state index is 12.3. The fraction of sp³-hybridized carbons (Fsp3) is 0.0952. The molecule has 0 atom stereocenters. The molecule has 1 aromatic heterocycles. The number of furan rings is 1. The van der Waals surface area contributed by atoms with Crippen molar-refractivity contribution in [3.63, 3.8) is 0 Å². The molecule has 148 valence electrons. The highest BCUT2D eigenvalue weighted by Crippen LogP contribution is 2.28. The minimum Gasteiger partial charge on any atom is -0.494 e. The van der Waals surface area contributed by atoms with Crippen molar-refractivity contribution in [1.82, 2.24) is 5.32 Å². The molecule has 0 radical (unpaired) electrons. The monoisotopic (exact) mass is 409 g/mol. The second kappa shape index (κ2) is 9.03. The molecule has 2 aromatic carbocycles. The highest BCUT2D eigenvalue weighted by atomic mass is 32.1. The van der Waals surface area contributed by atoms with Crippen LogP contribution in [0.15, 0.2) is 65.3 Å². The van der Waals surface area contributed by atoms with E-state index in [1.165, 1.54) is 13.4 Å². The molecule has 2 amide bonds. The number of carbonyl (C=O) groups excluding carboxylic acids is 2. The third kappa shape index (κ3) is 5.20. The van der Waals surface area contributed by atoms with Gasteiger partial charge in [0.05, 0.1) is 19.1 Å². The molecule has 0 spiro atoms. The molecule has 0 aliphatic heterocycles. The van der Waals surface area contributed by atoms with E-state index in [0.717, 1.165) is 5.56 Å². The van der Waals surface area contributed by atoms with E-state index in [0.29, 0.717) is 22.7 Å². The Kier molecular flexibility index (Phi) is 6.25. The Morgan fingerprint density at radius 3 is 2.52 bits per heavy atom. The minimum absolute atomic E-state index is 0.144. The molecular weight excluding hydrogens is 390 g/mol. The number of nitrogens with one attached hydrogen (secondary N) is 3. The van der Waals surface area contributed by atoms with Crippen molar-refractivity contribution in [2.24, 2.45) is 0 Å². The van der Waals surface area contributed by atoms with Gasteiger partial charge in [0.25, 0.3) is 11.8 Å². The number of benzene rings is 2. The van der Waals surface area contributed by atoms with Crippen molar-refractivity contribution < 1.29 is 18.7 Å². The van der Waals surface area contributed by atoms with E-state index >= 15 is 0 Å². The van der Waals surface area contributed by atoms with E-state index in [2.05, 4.69) is 16.0 Å². The van der Waals surface area contributed by atoms with Crippen LogP contribution in [0, 0.1) is 6.92 Å². The molecule has 0 fully saturated rings. The van der Waals surface area contributed by atoms with Crippen LogP contribution in [0.2, 0.25) is 0 Å². The number of hydrogen-bond donors (Lipinski definition) is 3. The summed E-state index contributed by atoms with van der Waals surface area (Å²) in [7, 11) is 1.49. The molecule has 3 aromatic rings. The van der Waals surface area contributed by atoms with Gasteiger partial charge in [-0.2, -0.15) is 0 Å². The number of methoxy groups -OCH3 is 1. The zero-order valence-electron chi connectivity index (χ0n) is 15.8. The third-order valence-electron chi connectivity index (χ3n) is 3.96. The molecule has 7 nitrogen and oxygen atoms in total. The summed E-state index contributed by atoms with van der Waals surface area (Å²) in [6.45, 7) is 1.91. The lowest BCUT2D eigenvalue weighted by Gasteiger charge is -2.13. The first-order valence-corrected chi connectivity index (χ1v) is 9.09. The summed E-state index contributed by atoms with van der Waals surface area (Å²) in [6.07, 6.45) is 1.42. The van der Waals surface area contributed by atoms with Gasteiger partial charge in [-0.05, 0) is 55.5 Å². The van der Waals surface area contributed by atoms with Gasteiger partial charge >= 0.3 is 0 Å². The quantitative estimate of drug-likeness (QED) is 0.552. The van der Waals surface area contributed by atoms with E-state index in [9.17, 15) is 9.59 Å². The van der Waals surface area contributed by atoms with Crippen LogP contribution in [0.25, 0.3) is 0 Å². The molecule has 1 heterocycles. The highest BCUT2D eigenvalue weighted by molar-refractivity contribution is 7.80. The molecule has 0 aliphatic carbocycles. The lowest BCUT2D eigenvalue weighted by atomic mass is 10.1. The van der Waals surface area contributed by atoms with E-state index < -0.39 is 5.91 Å². The van der Waals surface area contributed by atoms with Crippen LogP contribution in [-0.2, 0) is 0 Å². The minimum atomic E-state index is -0.394. The van der Waals surface area contributed by atoms with E-state index in [4.69, 9.17) is 21.4 Å². The van der Waals surface area contributed by atoms with Crippen LogP contribution in [0.3, 0.4) is 0 Å². The first kappa shape index (κ1) is 20.1. The number of amides is 2. The van der Waals surface area contributed by atoms with Gasteiger partial charge in [0.2, 0.25) is 0 Å². The zero-order chi connectivity index (χ0) is 20.8. The molecular formula is C21H19N3O4S. The summed E-state index contributed by atoms with van der Waals surface area (Å²) >= 11 is 5.22. The fourth-order valence-corrected chi connectivity index (χ4v) is 2.80. The van der Waals surface area contributed by atoms with E-state index in [1.807, 2.05) is 13.0 Å². The van der Waals surface area contributed by atoms with Gasteiger partial charge in [-0.1, -0.05) is 17.7 Å². The van der Waals surface area contributed by atoms with Gasteiger partial charge < -0.3 is 19.8 Å². The summed E-state index contributed by atoms with van der Waals surface area (Å²) in [5.41, 5.74) is 2.55. The summed E-state index contributed by atoms with van der Waals surface area (Å²) < 4.78 is 10.4. The number of carbonyl (C=O) groups is 2. The van der Waals surface area contributed by atoms with Gasteiger partial charge in [-0.3, -0.25) is 14.9 Å². The van der Waals surface area contributed by atoms with Crippen LogP contribution in [-0.4, -0.2) is 24.0 Å². The van der Waals surface area contributed by atoms with Crippen LogP contribution in [0.4, 0.5) is 11.4 Å². The molecule has 0 unspecified atom stereocenters. The van der Waals surface area contributed by atoms with Crippen molar-refractivity contribution in [2.45, 2.75) is 6.92 Å². The van der Waals surface area contributed by atoms with Crippen LogP contribution in [0.5, 0.6) is 5.75 Å². The Morgan fingerprint density at radius 2 is 1.83 bits per heavy atom. The normalized spacial score (nSPS) is 10.1. The van der Waals surface area contributed by atoms with Crippen molar-refractivity contribution in [1.29, 1.82) is 0 Å². The van der Waals surface area contributed by atoms with Crippen LogP contribution in [0.1, 0.15) is 26.5 Å². The molecule has 0 aliphatic rings. The zero-order valence-corrected chi connectivity index (χ0v) is 16.6. The van der Waals surface area contributed by atoms with E-state index in [1.54, 1.807) is 48.5 Å². The number of aryl methyl sites for hydroxylation is 1. The second-order valence-electron chi connectivity index (χ2n) is 6.12. The van der Waals surface area contributed by atoms with Crippen molar-refractivity contribution in [3.8, 4) is 5.75 Å². The molecule has 0 saturated carbocycles. The first-order valence-electron chi connectivity index (χ1n) is 8.68. The number of anilines is 2. The van der Waals surface area contributed by atoms with Crippen molar-refractivity contribution in [2.75, 3.05) is 17.7 Å². The Bertz CT molecular complexity index is 1050. The highest BCUT2D eigenvalue weighted by Gasteiger charge is 2.13. The topological polar surface area (TPSA) is 92.6 Å². The molecule has 0 saturated heterocycles. The SMILES string of the molecule is COc1cc(NC(=S)NC(=O)c2cccc(C)c2)ccc1NC(=O)c1ccco1. The average Bonchev–Trinajstić information content (AvgIpc) is 3.24. The molecule has 3 rings (SSSR count). The number of thiocarbonyl (C=S) groups is 1. The molecule has 3 N–H and O–H groups in total. The Hall–Kier alpha value is -3.65. The number of hydrogen-bond acceptors (Lipinski definition) is 5. The fourth-order valence-electron chi connectivity index (χ4n) is 2.59. The summed E-state index contributed by atoms with van der Waals surface area (Å²) in [5.74, 6) is -0.0903. The van der Waals surface area contributed by atoms with Gasteiger partial charge in [-0.25, -0.2) is 0 Å². The lowest BCUT2D eigenvalue weighted by molar-refractivity contribution is 0.0975. The molecule has 29 heavy (non-hydrogen) atoms. The maximum Gasteiger partial charge on any atom is 0.291 e. The maximum absolute atomic E-state index is 12.3. The Labute approximate surface area is 173 Å². The van der Waals surface area contributed by atoms with Gasteiger partial charge in [0.15, 0.2) is 10.9 Å². The number of rotatable bonds is 5. The van der Waals surface area contributed by atoms with Crippen molar-refractivity contribution in [3.05, 3.63) is 77.7 Å². The first-order chi connectivity index (χ1) is 14.0. The predicted molar refractivity (Wildman–Crippen MR) is 115 cm³/mol. The second-order valence-corrected chi connectivity index (χ2v) is 6.53. The number of ether oxygens (including phenoxy) is 1. The predicted octanol–water partition coefficient (Wildman–Crippen LogP) is 3.98. The summed E-state index contributed by atoms with van der Waals surface area (Å²) in [6, 6.07) is 15.4. The van der Waals surface area contributed by atoms with Gasteiger partial charge in [0, 0.05) is 17.3 Å². The largest absolute Gasteiger partial charge is 0.494 e. The Balaban J connectivity index is 1.65. The van der Waals surface area contributed by atoms with Crippen LogP contribution >= 0.6 is 12.2 Å². The third-order valence-corrected chi connectivity index (χ3v) is 4.16. The lowest BCUT2D eigenvalue weighted by Crippen LogP contribution is -2.34. The molecule has 0 bridgehead atoms. The van der Waals surface area contributed by atoms with E-state index in [-0.39, 0.29) is 16.8 Å². The standard InChI is InChI=1S/C21H19N3O4S/c1-13-5-3-6-14(11-13)19(25)24-21(29)22-15-8-9-16(18(12-15)27-2)23-20(26)17-7-4-10-28-17/h3-12H,1-2H3,(H,23,26)(H2,22,24,25,29). The van der Waals surface area contributed by atoms with Gasteiger partial charge in [-0.15, -0.1) is 0 Å². The average molecular weight is 409 g/mol. The molecule has 8 heteroatoms. The van der Waals surface area contributed by atoms with Crippen LogP contribution < -0.4 is 20.7 Å². The summed E-state index contributed by atoms with van der Waals surface area (Å²) in [5, 5.41) is 8.42. The Morgan fingerprint density at radius 1 is 1.00 bits per heavy atom. The van der Waals surface area contributed by atoms with Crippen molar-refractivity contribution >= 4 is 40.5 Å². The smallest absolute Gasteiger partial charge is 0.291 e. The van der Waals surface area contributed by atoms with Gasteiger partial charge in [0.1, 0.15) is 5.75 Å².